The van der Waals surface area contributed by atoms with E-state index in [1.807, 2.05) is 0 Å². The molecule has 0 saturated carbocycles. The molecule has 0 amide bonds. The van der Waals surface area contributed by atoms with Crippen molar-refractivity contribution < 1.29 is 4.39 Å². The highest BCUT2D eigenvalue weighted by atomic mass is 127. The Kier molecular flexibility index (Phi) is 3.60. The van der Waals surface area contributed by atoms with Crippen molar-refractivity contribution in [3.8, 4) is 0 Å². The fraction of sp³-hybridized carbons (Fsp3) is 0. The summed E-state index contributed by atoms with van der Waals surface area (Å²) in [6.07, 6.45) is 1.56. The number of hydrogen-bond acceptors (Lipinski definition) is 2. The molecular weight excluding hydrogens is 341 g/mol. The summed E-state index contributed by atoms with van der Waals surface area (Å²) >= 11 is 7.79. The van der Waals surface area contributed by atoms with Crippen LogP contribution < -0.4 is 5.32 Å². The molecule has 1 aromatic heterocycles. The van der Waals surface area contributed by atoms with Gasteiger partial charge in [0, 0.05) is 9.77 Å². The Morgan fingerprint density at radius 3 is 2.69 bits per heavy atom. The maximum absolute atomic E-state index is 12.9. The van der Waals surface area contributed by atoms with Gasteiger partial charge in [0.05, 0.1) is 10.7 Å². The normalized spacial score (nSPS) is 10.2. The number of anilines is 2. The first-order valence-electron chi connectivity index (χ1n) is 4.49. The number of nitrogens with zero attached hydrogens (tertiary/aromatic N) is 1. The van der Waals surface area contributed by atoms with Crippen molar-refractivity contribution in [2.24, 2.45) is 0 Å². The maximum Gasteiger partial charge on any atom is 0.130 e. The lowest BCUT2D eigenvalue weighted by atomic mass is 10.3. The van der Waals surface area contributed by atoms with Gasteiger partial charge in [-0.2, -0.15) is 0 Å². The summed E-state index contributed by atoms with van der Waals surface area (Å²) in [6, 6.07) is 8.04. The molecule has 1 heterocycles. The molecule has 0 unspecified atom stereocenters. The Labute approximate surface area is 111 Å². The van der Waals surface area contributed by atoms with Crippen LogP contribution in [0.25, 0.3) is 0 Å². The minimum absolute atomic E-state index is 0.251. The molecule has 0 saturated heterocycles. The summed E-state index contributed by atoms with van der Waals surface area (Å²) in [5, 5.41) is 3.67. The Morgan fingerprint density at radius 2 is 2.06 bits per heavy atom. The minimum Gasteiger partial charge on any atom is -0.339 e. The molecule has 0 fully saturated rings. The van der Waals surface area contributed by atoms with Crippen molar-refractivity contribution in [2.45, 2.75) is 0 Å². The first-order chi connectivity index (χ1) is 7.65. The number of nitrogens with one attached hydrogen (secondary N) is 1. The highest BCUT2D eigenvalue weighted by molar-refractivity contribution is 14.1. The van der Waals surface area contributed by atoms with Gasteiger partial charge in [0.15, 0.2) is 0 Å². The van der Waals surface area contributed by atoms with Gasteiger partial charge < -0.3 is 5.32 Å². The highest BCUT2D eigenvalue weighted by Crippen LogP contribution is 2.22. The van der Waals surface area contributed by atoms with E-state index in [4.69, 9.17) is 11.6 Å². The molecule has 1 N–H and O–H groups in total. The number of pyridine rings is 1. The van der Waals surface area contributed by atoms with E-state index in [0.29, 0.717) is 10.8 Å². The van der Waals surface area contributed by atoms with Crippen LogP contribution in [0.5, 0.6) is 0 Å². The topological polar surface area (TPSA) is 24.9 Å². The molecule has 0 spiro atoms. The number of benzene rings is 1. The first kappa shape index (κ1) is 11.6. The summed E-state index contributed by atoms with van der Waals surface area (Å²) in [6.45, 7) is 0. The molecule has 5 heteroatoms. The lowest BCUT2D eigenvalue weighted by Gasteiger charge is -2.07. The van der Waals surface area contributed by atoms with E-state index >= 15 is 0 Å². The van der Waals surface area contributed by atoms with Crippen LogP contribution in [0.3, 0.4) is 0 Å². The number of halogens is 3. The van der Waals surface area contributed by atoms with E-state index in [9.17, 15) is 4.39 Å². The van der Waals surface area contributed by atoms with Gasteiger partial charge in [0.1, 0.15) is 11.6 Å². The lowest BCUT2D eigenvalue weighted by Crippen LogP contribution is -1.95. The Balaban J connectivity index is 2.23. The van der Waals surface area contributed by atoms with Gasteiger partial charge >= 0.3 is 0 Å². The summed E-state index contributed by atoms with van der Waals surface area (Å²) in [4.78, 5) is 4.10. The third-order valence-electron chi connectivity index (χ3n) is 1.92. The molecule has 2 nitrogen and oxygen atoms in total. The van der Waals surface area contributed by atoms with Crippen molar-refractivity contribution in [1.82, 2.24) is 4.98 Å². The summed E-state index contributed by atoms with van der Waals surface area (Å²) in [5.74, 6) is 0.424. The standard InChI is InChI=1S/C11H7ClFIN2/c12-7-1-4-11(15-6-7)16-10-3-2-8(13)5-9(10)14/h1-6H,(H,15,16). The van der Waals surface area contributed by atoms with Crippen LogP contribution in [0.4, 0.5) is 15.9 Å². The van der Waals surface area contributed by atoms with E-state index in [2.05, 4.69) is 32.9 Å². The molecule has 0 aliphatic rings. The van der Waals surface area contributed by atoms with Crippen molar-refractivity contribution in [2.75, 3.05) is 5.32 Å². The summed E-state index contributed by atoms with van der Waals surface area (Å²) in [7, 11) is 0. The monoisotopic (exact) mass is 348 g/mol. The van der Waals surface area contributed by atoms with E-state index in [1.165, 1.54) is 12.1 Å². The zero-order valence-corrected chi connectivity index (χ0v) is 11.0. The minimum atomic E-state index is -0.251. The smallest absolute Gasteiger partial charge is 0.130 e. The van der Waals surface area contributed by atoms with E-state index in [1.54, 1.807) is 24.4 Å². The Morgan fingerprint density at radius 1 is 1.25 bits per heavy atom. The van der Waals surface area contributed by atoms with Crippen LogP contribution >= 0.6 is 34.2 Å². The predicted octanol–water partition coefficient (Wildman–Crippen LogP) is 4.22. The van der Waals surface area contributed by atoms with E-state index in [0.717, 1.165) is 9.26 Å². The first-order valence-corrected chi connectivity index (χ1v) is 5.94. The molecule has 2 rings (SSSR count). The Hall–Kier alpha value is -0.880. The largest absolute Gasteiger partial charge is 0.339 e. The average molecular weight is 349 g/mol. The second-order valence-electron chi connectivity index (χ2n) is 3.11. The molecule has 0 aliphatic heterocycles. The third-order valence-corrected chi connectivity index (χ3v) is 3.04. The molecule has 0 atom stereocenters. The lowest BCUT2D eigenvalue weighted by molar-refractivity contribution is 0.627. The van der Waals surface area contributed by atoms with Gasteiger partial charge in [-0.25, -0.2) is 9.37 Å². The molecule has 16 heavy (non-hydrogen) atoms. The van der Waals surface area contributed by atoms with Crippen molar-refractivity contribution in [3.05, 3.63) is 50.9 Å². The van der Waals surface area contributed by atoms with Crippen LogP contribution in [0.2, 0.25) is 5.02 Å². The number of hydrogen-bond donors (Lipinski definition) is 1. The van der Waals surface area contributed by atoms with Gasteiger partial charge in [0.25, 0.3) is 0 Å². The van der Waals surface area contributed by atoms with Gasteiger partial charge in [-0.3, -0.25) is 0 Å². The second kappa shape index (κ2) is 4.97. The molecule has 0 radical (unpaired) electrons. The molecule has 82 valence electrons. The van der Waals surface area contributed by atoms with E-state index in [-0.39, 0.29) is 5.82 Å². The molecule has 2 aromatic rings. The van der Waals surface area contributed by atoms with E-state index < -0.39 is 0 Å². The molecule has 1 aromatic carbocycles. The van der Waals surface area contributed by atoms with Gasteiger partial charge in [-0.05, 0) is 52.9 Å². The van der Waals surface area contributed by atoms with Crippen LogP contribution in [0, 0.1) is 9.39 Å². The Bertz CT molecular complexity index is 502. The fourth-order valence-corrected chi connectivity index (χ4v) is 1.90. The van der Waals surface area contributed by atoms with Crippen LogP contribution in [0.1, 0.15) is 0 Å². The van der Waals surface area contributed by atoms with Gasteiger partial charge in [-0.1, -0.05) is 11.6 Å². The number of aromatic nitrogens is 1. The maximum atomic E-state index is 12.9. The third kappa shape index (κ3) is 2.82. The quantitative estimate of drug-likeness (QED) is 0.822. The van der Waals surface area contributed by atoms with Crippen LogP contribution in [-0.4, -0.2) is 4.98 Å². The van der Waals surface area contributed by atoms with Crippen molar-refractivity contribution in [3.63, 3.8) is 0 Å². The molecule has 0 aliphatic carbocycles. The van der Waals surface area contributed by atoms with Crippen molar-refractivity contribution in [1.29, 1.82) is 0 Å². The SMILES string of the molecule is Fc1ccc(Nc2ccc(Cl)cn2)c(I)c1. The van der Waals surface area contributed by atoms with Crippen LogP contribution in [0.15, 0.2) is 36.5 Å². The molecule has 0 bridgehead atoms. The van der Waals surface area contributed by atoms with Gasteiger partial charge in [0.2, 0.25) is 0 Å². The van der Waals surface area contributed by atoms with Crippen LogP contribution in [-0.2, 0) is 0 Å². The zero-order valence-electron chi connectivity index (χ0n) is 8.05. The number of rotatable bonds is 2. The zero-order chi connectivity index (χ0) is 11.5. The highest BCUT2D eigenvalue weighted by Gasteiger charge is 2.02. The fourth-order valence-electron chi connectivity index (χ4n) is 1.18. The second-order valence-corrected chi connectivity index (χ2v) is 4.71. The van der Waals surface area contributed by atoms with Crippen molar-refractivity contribution >= 4 is 45.7 Å². The van der Waals surface area contributed by atoms with Gasteiger partial charge in [-0.15, -0.1) is 0 Å². The molecular formula is C11H7ClFIN2. The summed E-state index contributed by atoms with van der Waals surface area (Å²) < 4.78 is 13.7. The predicted molar refractivity (Wildman–Crippen MR) is 71.6 cm³/mol. The average Bonchev–Trinajstić information content (AvgIpc) is 2.25. The summed E-state index contributed by atoms with van der Waals surface area (Å²) in [5.41, 5.74) is 0.817.